The molecule has 2 aliphatic rings. The van der Waals surface area contributed by atoms with Crippen molar-refractivity contribution in [1.29, 1.82) is 0 Å². The van der Waals surface area contributed by atoms with Crippen molar-refractivity contribution in [1.82, 2.24) is 19.9 Å². The summed E-state index contributed by atoms with van der Waals surface area (Å²) in [4.78, 5) is 18.6. The third kappa shape index (κ3) is 3.06. The summed E-state index contributed by atoms with van der Waals surface area (Å²) in [7, 11) is 1.64. The van der Waals surface area contributed by atoms with Crippen molar-refractivity contribution >= 4 is 11.7 Å². The van der Waals surface area contributed by atoms with E-state index >= 15 is 0 Å². The first-order chi connectivity index (χ1) is 12.3. The molecule has 0 spiro atoms. The van der Waals surface area contributed by atoms with Gasteiger partial charge in [-0.2, -0.15) is 0 Å². The lowest BCUT2D eigenvalue weighted by Gasteiger charge is -2.18. The normalized spacial score (nSPS) is 17.3. The van der Waals surface area contributed by atoms with Gasteiger partial charge in [0.2, 0.25) is 0 Å². The maximum atomic E-state index is 12.9. The van der Waals surface area contributed by atoms with Gasteiger partial charge in [-0.1, -0.05) is 0 Å². The van der Waals surface area contributed by atoms with Gasteiger partial charge >= 0.3 is 0 Å². The maximum absolute atomic E-state index is 12.9. The molecule has 0 atom stereocenters. The van der Waals surface area contributed by atoms with Crippen LogP contribution in [0.15, 0.2) is 24.3 Å². The number of aromatic nitrogens is 3. The highest BCUT2D eigenvalue weighted by molar-refractivity contribution is 5.97. The number of methoxy groups -OCH3 is 1. The van der Waals surface area contributed by atoms with E-state index in [1.807, 2.05) is 29.2 Å². The van der Waals surface area contributed by atoms with Crippen molar-refractivity contribution in [3.05, 3.63) is 30.0 Å². The molecular formula is C18H23N5O2. The van der Waals surface area contributed by atoms with Gasteiger partial charge in [-0.25, -0.2) is 0 Å². The number of amides is 1. The monoisotopic (exact) mass is 341 g/mol. The highest BCUT2D eigenvalue weighted by Gasteiger charge is 2.30. The Kier molecular flexibility index (Phi) is 4.29. The van der Waals surface area contributed by atoms with Crippen LogP contribution < -0.4 is 9.64 Å². The molecule has 0 unspecified atom stereocenters. The van der Waals surface area contributed by atoms with E-state index in [0.29, 0.717) is 11.5 Å². The number of anilines is 1. The molecule has 25 heavy (non-hydrogen) atoms. The fourth-order valence-corrected chi connectivity index (χ4v) is 3.48. The molecule has 1 aromatic heterocycles. The van der Waals surface area contributed by atoms with Crippen molar-refractivity contribution in [2.75, 3.05) is 38.2 Å². The molecule has 2 aliphatic heterocycles. The lowest BCUT2D eigenvalue weighted by Crippen LogP contribution is -2.30. The Labute approximate surface area is 147 Å². The van der Waals surface area contributed by atoms with Crippen LogP contribution in [-0.2, 0) is 0 Å². The minimum absolute atomic E-state index is 0.000776. The fourth-order valence-electron chi connectivity index (χ4n) is 3.48. The van der Waals surface area contributed by atoms with Gasteiger partial charge in [0.15, 0.2) is 11.5 Å². The molecule has 2 fully saturated rings. The molecule has 0 saturated carbocycles. The number of hydrogen-bond donors (Lipinski definition) is 0. The number of benzene rings is 1. The van der Waals surface area contributed by atoms with Gasteiger partial charge in [-0.15, -0.1) is 15.0 Å². The van der Waals surface area contributed by atoms with Crippen LogP contribution in [0, 0.1) is 0 Å². The highest BCUT2D eigenvalue weighted by atomic mass is 16.5. The summed E-state index contributed by atoms with van der Waals surface area (Å²) in [6.07, 6.45) is 4.40. The predicted octanol–water partition coefficient (Wildman–Crippen LogP) is 2.11. The number of likely N-dealkylation sites (tertiary alicyclic amines) is 1. The first kappa shape index (κ1) is 15.9. The standard InChI is InChI=1S/C18H23N5O2/c1-25-15-8-6-14(7-9-15)23-19-16(18(24)22-12-4-5-13-22)17(20-23)21-10-2-3-11-21/h6-9H,2-5,10-13H2,1H3. The van der Waals surface area contributed by atoms with Gasteiger partial charge in [0, 0.05) is 26.2 Å². The molecule has 3 heterocycles. The van der Waals surface area contributed by atoms with Gasteiger partial charge in [0.05, 0.1) is 12.8 Å². The van der Waals surface area contributed by atoms with E-state index < -0.39 is 0 Å². The first-order valence-electron chi connectivity index (χ1n) is 8.92. The minimum Gasteiger partial charge on any atom is -0.497 e. The van der Waals surface area contributed by atoms with Crippen LogP contribution in [0.5, 0.6) is 5.75 Å². The summed E-state index contributed by atoms with van der Waals surface area (Å²) < 4.78 is 5.20. The Hall–Kier alpha value is -2.57. The number of ether oxygens (including phenoxy) is 1. The minimum atomic E-state index is -0.000776. The summed E-state index contributed by atoms with van der Waals surface area (Å²) in [5.41, 5.74) is 1.29. The number of carbonyl (C=O) groups is 1. The zero-order valence-electron chi connectivity index (χ0n) is 14.5. The predicted molar refractivity (Wildman–Crippen MR) is 94.5 cm³/mol. The van der Waals surface area contributed by atoms with Crippen molar-refractivity contribution in [3.8, 4) is 11.4 Å². The van der Waals surface area contributed by atoms with E-state index in [1.165, 1.54) is 0 Å². The molecular weight excluding hydrogens is 318 g/mol. The summed E-state index contributed by atoms with van der Waals surface area (Å²) >= 11 is 0. The van der Waals surface area contributed by atoms with E-state index in [4.69, 9.17) is 4.74 Å². The second-order valence-electron chi connectivity index (χ2n) is 6.55. The molecule has 0 N–H and O–H groups in total. The number of rotatable bonds is 4. The summed E-state index contributed by atoms with van der Waals surface area (Å²) in [6, 6.07) is 7.54. The SMILES string of the molecule is COc1ccc(-n2nc(C(=O)N3CCCC3)c(N3CCCC3)n2)cc1. The summed E-state index contributed by atoms with van der Waals surface area (Å²) in [5.74, 6) is 1.49. The van der Waals surface area contributed by atoms with Crippen LogP contribution in [0.4, 0.5) is 5.82 Å². The zero-order valence-corrected chi connectivity index (χ0v) is 14.5. The summed E-state index contributed by atoms with van der Waals surface area (Å²) in [6.45, 7) is 3.49. The molecule has 7 nitrogen and oxygen atoms in total. The smallest absolute Gasteiger partial charge is 0.278 e. The van der Waals surface area contributed by atoms with Gasteiger partial charge in [0.25, 0.3) is 5.91 Å². The van der Waals surface area contributed by atoms with E-state index in [2.05, 4.69) is 15.1 Å². The number of nitrogens with zero attached hydrogens (tertiary/aromatic N) is 5. The average Bonchev–Trinajstić information content (AvgIpc) is 3.42. The molecule has 132 valence electrons. The third-order valence-corrected chi connectivity index (χ3v) is 4.90. The Morgan fingerprint density at radius 3 is 2.24 bits per heavy atom. The first-order valence-corrected chi connectivity index (χ1v) is 8.92. The topological polar surface area (TPSA) is 63.5 Å². The zero-order chi connectivity index (χ0) is 17.2. The molecule has 4 rings (SSSR count). The Morgan fingerprint density at radius 2 is 1.60 bits per heavy atom. The van der Waals surface area contributed by atoms with Crippen molar-refractivity contribution in [2.24, 2.45) is 0 Å². The van der Waals surface area contributed by atoms with Gasteiger partial charge in [-0.3, -0.25) is 4.79 Å². The molecule has 1 aromatic carbocycles. The van der Waals surface area contributed by atoms with Crippen molar-refractivity contribution in [2.45, 2.75) is 25.7 Å². The molecule has 0 aliphatic carbocycles. The van der Waals surface area contributed by atoms with Crippen molar-refractivity contribution in [3.63, 3.8) is 0 Å². The van der Waals surface area contributed by atoms with E-state index in [9.17, 15) is 4.79 Å². The van der Waals surface area contributed by atoms with E-state index in [-0.39, 0.29) is 5.91 Å². The molecule has 2 aromatic rings. The Balaban J connectivity index is 1.70. The lowest BCUT2D eigenvalue weighted by molar-refractivity contribution is 0.0787. The maximum Gasteiger partial charge on any atom is 0.278 e. The van der Waals surface area contributed by atoms with E-state index in [0.717, 1.165) is 63.3 Å². The van der Waals surface area contributed by atoms with E-state index in [1.54, 1.807) is 11.9 Å². The van der Waals surface area contributed by atoms with Crippen LogP contribution in [0.1, 0.15) is 36.2 Å². The molecule has 1 amide bonds. The number of hydrogen-bond acceptors (Lipinski definition) is 5. The second kappa shape index (κ2) is 6.74. The van der Waals surface area contributed by atoms with Crippen LogP contribution in [0.3, 0.4) is 0 Å². The molecule has 0 bridgehead atoms. The summed E-state index contributed by atoms with van der Waals surface area (Å²) in [5, 5.41) is 9.21. The highest BCUT2D eigenvalue weighted by Crippen LogP contribution is 2.25. The quantitative estimate of drug-likeness (QED) is 0.852. The largest absolute Gasteiger partial charge is 0.497 e. The Bertz CT molecular complexity index is 743. The van der Waals surface area contributed by atoms with Crippen LogP contribution >= 0.6 is 0 Å². The van der Waals surface area contributed by atoms with Crippen molar-refractivity contribution < 1.29 is 9.53 Å². The van der Waals surface area contributed by atoms with Crippen LogP contribution in [0.25, 0.3) is 5.69 Å². The second-order valence-corrected chi connectivity index (χ2v) is 6.55. The van der Waals surface area contributed by atoms with Gasteiger partial charge in [0.1, 0.15) is 5.75 Å². The lowest BCUT2D eigenvalue weighted by atomic mass is 10.3. The van der Waals surface area contributed by atoms with Crippen LogP contribution in [0.2, 0.25) is 0 Å². The average molecular weight is 341 g/mol. The molecule has 7 heteroatoms. The Morgan fingerprint density at radius 1 is 0.960 bits per heavy atom. The van der Waals surface area contributed by atoms with Gasteiger partial charge in [-0.05, 0) is 49.9 Å². The molecule has 2 saturated heterocycles. The van der Waals surface area contributed by atoms with Gasteiger partial charge < -0.3 is 14.5 Å². The molecule has 0 radical (unpaired) electrons. The number of carbonyl (C=O) groups excluding carboxylic acids is 1. The van der Waals surface area contributed by atoms with Crippen LogP contribution in [-0.4, -0.2) is 59.1 Å². The fraction of sp³-hybridized carbons (Fsp3) is 0.500. The third-order valence-electron chi connectivity index (χ3n) is 4.90.